The van der Waals surface area contributed by atoms with Crippen LogP contribution in [0, 0.1) is 12.7 Å². The second-order valence-electron chi connectivity index (χ2n) is 7.95. The van der Waals surface area contributed by atoms with Crippen LogP contribution in [0.25, 0.3) is 11.7 Å². The minimum Gasteiger partial charge on any atom is -0.437 e. The van der Waals surface area contributed by atoms with Gasteiger partial charge in [-0.2, -0.15) is 4.98 Å². The Kier molecular flexibility index (Phi) is 6.61. The minimum absolute atomic E-state index is 0.0196. The van der Waals surface area contributed by atoms with Crippen LogP contribution in [0.5, 0.6) is 11.6 Å². The number of thioether (sulfide) groups is 1. The molecule has 36 heavy (non-hydrogen) atoms. The van der Waals surface area contributed by atoms with Gasteiger partial charge in [0.15, 0.2) is 0 Å². The van der Waals surface area contributed by atoms with Gasteiger partial charge in [0, 0.05) is 6.20 Å². The number of aryl methyl sites for hydroxylation is 1. The minimum atomic E-state index is -0.408. The van der Waals surface area contributed by atoms with Crippen LogP contribution in [0.2, 0.25) is 5.02 Å². The predicted molar refractivity (Wildman–Crippen MR) is 143 cm³/mol. The van der Waals surface area contributed by atoms with Gasteiger partial charge in [-0.3, -0.25) is 18.9 Å². The fourth-order valence-corrected chi connectivity index (χ4v) is 5.08. The Morgan fingerprint density at radius 3 is 2.61 bits per heavy atom. The van der Waals surface area contributed by atoms with E-state index < -0.39 is 5.56 Å². The number of hydrogen-bond donors (Lipinski definition) is 0. The number of nitrogens with zero attached hydrogens (tertiary/aromatic N) is 3. The molecule has 0 radical (unpaired) electrons. The van der Waals surface area contributed by atoms with Gasteiger partial charge in [-0.25, -0.2) is 4.39 Å². The molecule has 1 aliphatic heterocycles. The number of carbonyl (C=O) groups is 1. The Balaban J connectivity index is 1.58. The van der Waals surface area contributed by atoms with Crippen LogP contribution in [-0.4, -0.2) is 24.5 Å². The molecule has 1 aliphatic rings. The molecule has 0 aliphatic carbocycles. The van der Waals surface area contributed by atoms with E-state index in [2.05, 4.69) is 4.98 Å². The van der Waals surface area contributed by atoms with E-state index in [0.29, 0.717) is 20.7 Å². The van der Waals surface area contributed by atoms with E-state index >= 15 is 0 Å². The van der Waals surface area contributed by atoms with Crippen molar-refractivity contribution < 1.29 is 13.9 Å². The number of fused-ring (bicyclic) bond motifs is 1. The van der Waals surface area contributed by atoms with E-state index in [9.17, 15) is 14.0 Å². The van der Waals surface area contributed by atoms with Gasteiger partial charge < -0.3 is 4.74 Å². The smallest absolute Gasteiger partial charge is 0.269 e. The molecule has 0 saturated carbocycles. The maximum atomic E-state index is 13.5. The van der Waals surface area contributed by atoms with E-state index in [1.54, 1.807) is 48.7 Å². The highest BCUT2D eigenvalue weighted by Gasteiger charge is 2.33. The van der Waals surface area contributed by atoms with Gasteiger partial charge in [-0.05, 0) is 54.5 Å². The number of halogens is 2. The number of amides is 1. The first-order chi connectivity index (χ1) is 17.3. The predicted octanol–water partition coefficient (Wildman–Crippen LogP) is 5.99. The molecular formula is C26H17ClFN3O3S2. The maximum Gasteiger partial charge on any atom is 0.269 e. The first-order valence-electron chi connectivity index (χ1n) is 10.8. The van der Waals surface area contributed by atoms with Crippen molar-refractivity contribution in [3.05, 3.63) is 110 Å². The third kappa shape index (κ3) is 4.65. The first-order valence-corrected chi connectivity index (χ1v) is 12.4. The zero-order chi connectivity index (χ0) is 25.4. The summed E-state index contributed by atoms with van der Waals surface area (Å²) in [7, 11) is 0. The van der Waals surface area contributed by atoms with Crippen LogP contribution in [0.3, 0.4) is 0 Å². The molecule has 1 fully saturated rings. The van der Waals surface area contributed by atoms with Crippen molar-refractivity contribution >= 4 is 57.5 Å². The molecular weight excluding hydrogens is 521 g/mol. The molecule has 3 heterocycles. The molecule has 1 saturated heterocycles. The standard InChI is InChI=1S/C26H17ClFN3O3S2/c1-15-5-4-12-30-22(15)29-23(34-20-7-3-2-6-19(20)27)18(24(30)32)13-21-25(33)31(26(35)36-21)14-16-8-10-17(28)11-9-16/h2-13H,14H2,1H3/b21-13+. The number of ether oxygens (including phenoxy) is 1. The van der Waals surface area contributed by atoms with E-state index in [0.717, 1.165) is 22.9 Å². The third-order valence-corrected chi connectivity index (χ3v) is 7.19. The maximum absolute atomic E-state index is 13.5. The van der Waals surface area contributed by atoms with Crippen molar-refractivity contribution in [1.82, 2.24) is 14.3 Å². The van der Waals surface area contributed by atoms with Crippen LogP contribution in [0.15, 0.2) is 76.6 Å². The van der Waals surface area contributed by atoms with Crippen molar-refractivity contribution in [3.63, 3.8) is 0 Å². The molecule has 180 valence electrons. The summed E-state index contributed by atoms with van der Waals surface area (Å²) >= 11 is 12.8. The molecule has 0 bridgehead atoms. The van der Waals surface area contributed by atoms with Gasteiger partial charge in [0.25, 0.3) is 11.5 Å². The highest BCUT2D eigenvalue weighted by molar-refractivity contribution is 8.26. The van der Waals surface area contributed by atoms with E-state index in [-0.39, 0.29) is 34.6 Å². The number of thiocarbonyl (C=S) groups is 1. The molecule has 2 aromatic carbocycles. The van der Waals surface area contributed by atoms with Crippen molar-refractivity contribution in [1.29, 1.82) is 0 Å². The van der Waals surface area contributed by atoms with E-state index in [1.165, 1.54) is 27.5 Å². The molecule has 4 aromatic rings. The number of para-hydroxylation sites is 1. The van der Waals surface area contributed by atoms with Gasteiger partial charge in [0.2, 0.25) is 5.88 Å². The third-order valence-electron chi connectivity index (χ3n) is 5.50. The summed E-state index contributed by atoms with van der Waals surface area (Å²) in [5.74, 6) is -0.393. The zero-order valence-corrected chi connectivity index (χ0v) is 21.2. The second-order valence-corrected chi connectivity index (χ2v) is 10.0. The van der Waals surface area contributed by atoms with Crippen LogP contribution < -0.4 is 10.3 Å². The molecule has 0 N–H and O–H groups in total. The quantitative estimate of drug-likeness (QED) is 0.230. The van der Waals surface area contributed by atoms with Crippen molar-refractivity contribution in [2.45, 2.75) is 13.5 Å². The molecule has 0 spiro atoms. The van der Waals surface area contributed by atoms with Gasteiger partial charge in [-0.1, -0.05) is 65.9 Å². The van der Waals surface area contributed by atoms with Gasteiger partial charge in [-0.15, -0.1) is 0 Å². The summed E-state index contributed by atoms with van der Waals surface area (Å²) in [4.78, 5) is 33.0. The van der Waals surface area contributed by atoms with Crippen molar-refractivity contribution in [3.8, 4) is 11.6 Å². The Hall–Kier alpha value is -3.53. The normalized spacial score (nSPS) is 14.8. The second kappa shape index (κ2) is 9.85. The summed E-state index contributed by atoms with van der Waals surface area (Å²) in [6, 6.07) is 16.2. The lowest BCUT2D eigenvalue weighted by Crippen LogP contribution is -2.27. The average Bonchev–Trinajstić information content (AvgIpc) is 3.12. The first kappa shape index (κ1) is 24.2. The number of aromatic nitrogens is 2. The molecule has 5 rings (SSSR count). The summed E-state index contributed by atoms with van der Waals surface area (Å²) in [5, 5.41) is 0.348. The largest absolute Gasteiger partial charge is 0.437 e. The molecule has 1 amide bonds. The molecule has 10 heteroatoms. The molecule has 0 atom stereocenters. The number of pyridine rings is 1. The number of benzene rings is 2. The lowest BCUT2D eigenvalue weighted by molar-refractivity contribution is -0.122. The molecule has 0 unspecified atom stereocenters. The van der Waals surface area contributed by atoms with Crippen molar-refractivity contribution in [2.75, 3.05) is 0 Å². The highest BCUT2D eigenvalue weighted by atomic mass is 35.5. The topological polar surface area (TPSA) is 63.9 Å². The summed E-state index contributed by atoms with van der Waals surface area (Å²) in [5.41, 5.74) is 1.59. The molecule has 6 nitrogen and oxygen atoms in total. The summed E-state index contributed by atoms with van der Waals surface area (Å²) in [6.45, 7) is 2.01. The molecule has 2 aromatic heterocycles. The average molecular weight is 538 g/mol. The van der Waals surface area contributed by atoms with Crippen LogP contribution >= 0.6 is 35.6 Å². The lowest BCUT2D eigenvalue weighted by atomic mass is 10.2. The van der Waals surface area contributed by atoms with E-state index in [4.69, 9.17) is 28.6 Å². The monoisotopic (exact) mass is 537 g/mol. The summed E-state index contributed by atoms with van der Waals surface area (Å²) in [6.07, 6.45) is 3.05. The Labute approximate surface area is 220 Å². The fraction of sp³-hybridized carbons (Fsp3) is 0.0769. The summed E-state index contributed by atoms with van der Waals surface area (Å²) < 4.78 is 21.0. The Morgan fingerprint density at radius 2 is 1.86 bits per heavy atom. The van der Waals surface area contributed by atoms with Crippen LogP contribution in [0.4, 0.5) is 4.39 Å². The van der Waals surface area contributed by atoms with Gasteiger partial charge in [0.05, 0.1) is 16.5 Å². The van der Waals surface area contributed by atoms with Crippen LogP contribution in [0.1, 0.15) is 16.7 Å². The number of carbonyl (C=O) groups excluding carboxylic acids is 1. The fourth-order valence-electron chi connectivity index (χ4n) is 3.66. The van der Waals surface area contributed by atoms with Gasteiger partial charge in [0.1, 0.15) is 27.1 Å². The Morgan fingerprint density at radius 1 is 1.11 bits per heavy atom. The number of hydrogen-bond acceptors (Lipinski definition) is 6. The lowest BCUT2D eigenvalue weighted by Gasteiger charge is -2.14. The Bertz CT molecular complexity index is 1620. The van der Waals surface area contributed by atoms with Crippen LogP contribution in [-0.2, 0) is 11.3 Å². The van der Waals surface area contributed by atoms with Gasteiger partial charge >= 0.3 is 0 Å². The highest BCUT2D eigenvalue weighted by Crippen LogP contribution is 2.36. The van der Waals surface area contributed by atoms with Crippen molar-refractivity contribution in [2.24, 2.45) is 0 Å². The van der Waals surface area contributed by atoms with E-state index in [1.807, 2.05) is 13.0 Å². The SMILES string of the molecule is Cc1cccn2c(=O)c(/C=C3/SC(=S)N(Cc4ccc(F)cc4)C3=O)c(Oc3ccccc3Cl)nc12. The zero-order valence-electron chi connectivity index (χ0n) is 18.8. The number of rotatable bonds is 5.